The average Bonchev–Trinajstić information content (AvgIpc) is 2.31. The molecule has 4 heteroatoms. The summed E-state index contributed by atoms with van der Waals surface area (Å²) in [5, 5.41) is 3.21. The third-order valence-corrected chi connectivity index (χ3v) is 3.71. The summed E-state index contributed by atoms with van der Waals surface area (Å²) in [6, 6.07) is 0.919. The van der Waals surface area contributed by atoms with Gasteiger partial charge in [-0.1, -0.05) is 13.3 Å². The molecule has 0 aromatic rings. The minimum atomic E-state index is -0.201. The minimum absolute atomic E-state index is 0.156. The maximum Gasteiger partial charge on any atom is 0.324 e. The van der Waals surface area contributed by atoms with E-state index in [4.69, 9.17) is 4.74 Å². The summed E-state index contributed by atoms with van der Waals surface area (Å²) >= 11 is 0. The fourth-order valence-electron chi connectivity index (χ4n) is 2.66. The zero-order valence-electron chi connectivity index (χ0n) is 11.5. The lowest BCUT2D eigenvalue weighted by Gasteiger charge is -2.40. The Morgan fingerprint density at radius 3 is 2.47 bits per heavy atom. The second-order valence-electron chi connectivity index (χ2n) is 4.96. The Bertz CT molecular complexity index is 236. The van der Waals surface area contributed by atoms with E-state index in [9.17, 15) is 4.79 Å². The molecule has 1 aliphatic heterocycles. The highest BCUT2D eigenvalue weighted by Gasteiger charge is 2.29. The molecule has 0 radical (unpaired) electrons. The van der Waals surface area contributed by atoms with Crippen molar-refractivity contribution in [3.05, 3.63) is 0 Å². The van der Waals surface area contributed by atoms with E-state index in [2.05, 4.69) is 24.1 Å². The predicted octanol–water partition coefficient (Wildman–Crippen LogP) is 1.40. The van der Waals surface area contributed by atoms with Crippen molar-refractivity contribution in [2.45, 2.75) is 58.2 Å². The number of hydrogen-bond donors (Lipinski definition) is 1. The number of methoxy groups -OCH3 is 1. The molecule has 0 saturated carbocycles. The van der Waals surface area contributed by atoms with Gasteiger partial charge in [0.15, 0.2) is 0 Å². The maximum absolute atomic E-state index is 11.7. The smallest absolute Gasteiger partial charge is 0.324 e. The van der Waals surface area contributed by atoms with Crippen molar-refractivity contribution >= 4 is 5.97 Å². The monoisotopic (exact) mass is 242 g/mol. The lowest BCUT2D eigenvalue weighted by molar-refractivity contribution is -0.144. The molecule has 100 valence electrons. The molecule has 1 saturated heterocycles. The van der Waals surface area contributed by atoms with Crippen LogP contribution in [0.15, 0.2) is 0 Å². The number of piperidine rings is 1. The first-order valence-corrected chi connectivity index (χ1v) is 6.67. The highest BCUT2D eigenvalue weighted by Crippen LogP contribution is 2.22. The molecular formula is C13H26N2O2. The van der Waals surface area contributed by atoms with E-state index in [0.29, 0.717) is 12.1 Å². The molecule has 3 unspecified atom stereocenters. The highest BCUT2D eigenvalue weighted by molar-refractivity contribution is 5.75. The number of carbonyl (C=O) groups is 1. The Hall–Kier alpha value is -0.610. The van der Waals surface area contributed by atoms with E-state index in [1.807, 2.05) is 6.92 Å². The van der Waals surface area contributed by atoms with E-state index >= 15 is 0 Å². The zero-order chi connectivity index (χ0) is 12.8. The number of esters is 1. The number of likely N-dealkylation sites (tertiary alicyclic amines) is 1. The summed E-state index contributed by atoms with van der Waals surface area (Å²) in [6.45, 7) is 8.05. The van der Waals surface area contributed by atoms with Crippen LogP contribution in [-0.4, -0.2) is 49.2 Å². The number of nitrogens with one attached hydrogen (secondary N) is 1. The van der Waals surface area contributed by atoms with E-state index < -0.39 is 0 Å². The third-order valence-electron chi connectivity index (χ3n) is 3.71. The van der Waals surface area contributed by atoms with E-state index in [1.54, 1.807) is 0 Å². The summed E-state index contributed by atoms with van der Waals surface area (Å²) in [6.07, 6.45) is 3.75. The quantitative estimate of drug-likeness (QED) is 0.740. The lowest BCUT2D eigenvalue weighted by atomic mass is 9.97. The van der Waals surface area contributed by atoms with Gasteiger partial charge >= 0.3 is 5.97 Å². The van der Waals surface area contributed by atoms with Crippen molar-refractivity contribution in [2.24, 2.45) is 0 Å². The predicted molar refractivity (Wildman–Crippen MR) is 69.0 cm³/mol. The number of likely N-dealkylation sites (N-methyl/N-ethyl adjacent to an activating group) is 1. The average molecular weight is 242 g/mol. The lowest BCUT2D eigenvalue weighted by Crippen LogP contribution is -2.53. The molecule has 1 heterocycles. The first-order valence-electron chi connectivity index (χ1n) is 6.67. The molecule has 0 amide bonds. The molecule has 1 rings (SSSR count). The van der Waals surface area contributed by atoms with Crippen molar-refractivity contribution < 1.29 is 9.53 Å². The number of hydrogen-bond acceptors (Lipinski definition) is 4. The molecule has 0 aromatic carbocycles. The molecule has 3 atom stereocenters. The van der Waals surface area contributed by atoms with Crippen molar-refractivity contribution in [1.29, 1.82) is 0 Å². The summed E-state index contributed by atoms with van der Waals surface area (Å²) < 4.78 is 4.85. The van der Waals surface area contributed by atoms with E-state index in [1.165, 1.54) is 26.4 Å². The maximum atomic E-state index is 11.7. The van der Waals surface area contributed by atoms with Crippen LogP contribution in [0.3, 0.4) is 0 Å². The van der Waals surface area contributed by atoms with Gasteiger partial charge in [0.1, 0.15) is 6.04 Å². The third kappa shape index (κ3) is 3.96. The summed E-state index contributed by atoms with van der Waals surface area (Å²) in [7, 11) is 1.45. The van der Waals surface area contributed by atoms with Gasteiger partial charge in [-0.15, -0.1) is 0 Å². The van der Waals surface area contributed by atoms with Gasteiger partial charge in [0.25, 0.3) is 0 Å². The van der Waals surface area contributed by atoms with Crippen molar-refractivity contribution in [1.82, 2.24) is 10.2 Å². The van der Waals surface area contributed by atoms with Gasteiger partial charge in [0.2, 0.25) is 0 Å². The van der Waals surface area contributed by atoms with Crippen molar-refractivity contribution in [3.8, 4) is 0 Å². The van der Waals surface area contributed by atoms with E-state index in [0.717, 1.165) is 13.1 Å². The molecule has 17 heavy (non-hydrogen) atoms. The van der Waals surface area contributed by atoms with Gasteiger partial charge in [0, 0.05) is 18.6 Å². The molecule has 1 N–H and O–H groups in total. The Kier molecular flexibility index (Phi) is 5.92. The Labute approximate surface area is 105 Å². The summed E-state index contributed by atoms with van der Waals surface area (Å²) in [4.78, 5) is 14.1. The van der Waals surface area contributed by atoms with Crippen LogP contribution in [0.4, 0.5) is 0 Å². The van der Waals surface area contributed by atoms with Crippen LogP contribution >= 0.6 is 0 Å². The zero-order valence-corrected chi connectivity index (χ0v) is 11.5. The van der Waals surface area contributed by atoms with E-state index in [-0.39, 0.29) is 12.0 Å². The molecule has 0 spiro atoms. The number of ether oxygens (including phenoxy) is 1. The van der Waals surface area contributed by atoms with Gasteiger partial charge in [-0.3, -0.25) is 9.69 Å². The second kappa shape index (κ2) is 6.97. The number of rotatable bonds is 5. The normalized spacial score (nSPS) is 27.8. The molecule has 4 nitrogen and oxygen atoms in total. The molecule has 0 aromatic heterocycles. The SMILES string of the molecule is CCNC(CN1C(C)CCCC1C)C(=O)OC. The fourth-order valence-corrected chi connectivity index (χ4v) is 2.66. The van der Waals surface area contributed by atoms with Gasteiger partial charge in [-0.05, 0) is 33.2 Å². The molecule has 1 fully saturated rings. The first kappa shape index (κ1) is 14.5. The van der Waals surface area contributed by atoms with Gasteiger partial charge in [-0.25, -0.2) is 0 Å². The number of nitrogens with zero attached hydrogens (tertiary/aromatic N) is 1. The second-order valence-corrected chi connectivity index (χ2v) is 4.96. The van der Waals surface area contributed by atoms with Crippen LogP contribution in [0.1, 0.15) is 40.0 Å². The van der Waals surface area contributed by atoms with Crippen molar-refractivity contribution in [3.63, 3.8) is 0 Å². The van der Waals surface area contributed by atoms with Crippen LogP contribution in [0.25, 0.3) is 0 Å². The van der Waals surface area contributed by atoms with Crippen molar-refractivity contribution in [2.75, 3.05) is 20.2 Å². The molecule has 1 aliphatic rings. The van der Waals surface area contributed by atoms with Gasteiger partial charge in [-0.2, -0.15) is 0 Å². The first-order chi connectivity index (χ1) is 8.10. The molecular weight excluding hydrogens is 216 g/mol. The van der Waals surface area contributed by atoms with Crippen LogP contribution in [-0.2, 0) is 9.53 Å². The Morgan fingerprint density at radius 2 is 2.00 bits per heavy atom. The standard InChI is InChI=1S/C13H26N2O2/c1-5-14-12(13(16)17-4)9-15-10(2)7-6-8-11(15)3/h10-12,14H,5-9H2,1-4H3. The Balaban J connectivity index is 2.60. The highest BCUT2D eigenvalue weighted by atomic mass is 16.5. The fraction of sp³-hybridized carbons (Fsp3) is 0.923. The summed E-state index contributed by atoms with van der Waals surface area (Å²) in [5.41, 5.74) is 0. The number of carbonyl (C=O) groups excluding carboxylic acids is 1. The van der Waals surface area contributed by atoms with Gasteiger partial charge < -0.3 is 10.1 Å². The topological polar surface area (TPSA) is 41.6 Å². The van der Waals surface area contributed by atoms with Gasteiger partial charge in [0.05, 0.1) is 7.11 Å². The Morgan fingerprint density at radius 1 is 1.41 bits per heavy atom. The minimum Gasteiger partial charge on any atom is -0.468 e. The molecule has 0 bridgehead atoms. The largest absolute Gasteiger partial charge is 0.468 e. The van der Waals surface area contributed by atoms with Crippen LogP contribution in [0.2, 0.25) is 0 Å². The van der Waals surface area contributed by atoms with Crippen LogP contribution in [0.5, 0.6) is 0 Å². The van der Waals surface area contributed by atoms with Crippen LogP contribution < -0.4 is 5.32 Å². The summed E-state index contributed by atoms with van der Waals surface area (Å²) in [5.74, 6) is -0.156. The van der Waals surface area contributed by atoms with Crippen LogP contribution in [0, 0.1) is 0 Å². The molecule has 0 aliphatic carbocycles.